The zero-order valence-corrected chi connectivity index (χ0v) is 13.7. The second kappa shape index (κ2) is 6.32. The smallest absolute Gasteiger partial charge is 0.221 e. The molecule has 4 rings (SSSR count). The lowest BCUT2D eigenvalue weighted by atomic mass is 9.74. The minimum Gasteiger partial charge on any atom is -0.350 e. The van der Waals surface area contributed by atoms with Crippen LogP contribution in [0.2, 0.25) is 0 Å². The van der Waals surface area contributed by atoms with Crippen LogP contribution in [0.1, 0.15) is 36.3 Å². The third-order valence-electron chi connectivity index (χ3n) is 5.43. The second-order valence-electron chi connectivity index (χ2n) is 6.88. The van der Waals surface area contributed by atoms with E-state index in [2.05, 4.69) is 38.4 Å². The lowest BCUT2D eigenvalue weighted by molar-refractivity contribution is -0.120. The fraction of sp³-hybridized carbons (Fsp3) is 0.421. The molecule has 0 radical (unpaired) electrons. The molecule has 0 aliphatic carbocycles. The fourth-order valence-corrected chi connectivity index (χ4v) is 4.16. The summed E-state index contributed by atoms with van der Waals surface area (Å²) in [6.45, 7) is 2.92. The van der Waals surface area contributed by atoms with E-state index in [1.54, 1.807) is 0 Å². The number of aromatic nitrogens is 2. The largest absolute Gasteiger partial charge is 0.350 e. The van der Waals surface area contributed by atoms with Crippen LogP contribution in [0.5, 0.6) is 0 Å². The predicted octanol–water partition coefficient (Wildman–Crippen LogP) is 2.11. The zero-order valence-electron chi connectivity index (χ0n) is 13.7. The van der Waals surface area contributed by atoms with Crippen molar-refractivity contribution in [1.82, 2.24) is 20.2 Å². The van der Waals surface area contributed by atoms with Crippen LogP contribution in [0, 0.1) is 0 Å². The molecule has 0 unspecified atom stereocenters. The van der Waals surface area contributed by atoms with E-state index in [1.165, 1.54) is 11.1 Å². The highest BCUT2D eigenvalue weighted by Gasteiger charge is 2.48. The van der Waals surface area contributed by atoms with Crippen LogP contribution >= 0.6 is 0 Å². The third-order valence-corrected chi connectivity index (χ3v) is 5.43. The molecule has 2 aromatic heterocycles. The van der Waals surface area contributed by atoms with E-state index < -0.39 is 0 Å². The monoisotopic (exact) mass is 322 g/mol. The number of rotatable bonds is 3. The lowest BCUT2D eigenvalue weighted by Gasteiger charge is -2.43. The summed E-state index contributed by atoms with van der Waals surface area (Å²) in [6, 6.07) is 8.20. The van der Waals surface area contributed by atoms with Gasteiger partial charge in [0.2, 0.25) is 5.91 Å². The first-order valence-electron chi connectivity index (χ1n) is 8.57. The van der Waals surface area contributed by atoms with Crippen molar-refractivity contribution >= 4 is 5.91 Å². The van der Waals surface area contributed by atoms with Gasteiger partial charge in [-0.25, -0.2) is 0 Å². The minimum atomic E-state index is -0.0934. The molecule has 1 N–H and O–H groups in total. The predicted molar refractivity (Wildman–Crippen MR) is 91.2 cm³/mol. The average molecular weight is 322 g/mol. The number of amides is 1. The maximum absolute atomic E-state index is 12.1. The van der Waals surface area contributed by atoms with E-state index in [0.29, 0.717) is 6.42 Å². The number of pyridine rings is 2. The van der Waals surface area contributed by atoms with E-state index >= 15 is 0 Å². The van der Waals surface area contributed by atoms with Gasteiger partial charge in [0.1, 0.15) is 0 Å². The van der Waals surface area contributed by atoms with Crippen LogP contribution in [-0.4, -0.2) is 39.4 Å². The van der Waals surface area contributed by atoms with E-state index in [0.717, 1.165) is 32.5 Å². The van der Waals surface area contributed by atoms with Crippen LogP contribution in [-0.2, 0) is 11.3 Å². The SMILES string of the molecule is O=C1C[C@H](c2ccncc2)C2(CCN(Cc3cccnc3)CC2)N1. The molecular formula is C19H22N4O. The molecule has 5 heteroatoms. The Morgan fingerprint density at radius 1 is 1.12 bits per heavy atom. The minimum absolute atomic E-state index is 0.0934. The number of carbonyl (C=O) groups excluding carboxylic acids is 1. The van der Waals surface area contributed by atoms with E-state index in [-0.39, 0.29) is 17.4 Å². The number of nitrogens with one attached hydrogen (secondary N) is 1. The molecule has 5 nitrogen and oxygen atoms in total. The summed E-state index contributed by atoms with van der Waals surface area (Å²) in [4.78, 5) is 22.9. The molecule has 2 aliphatic heterocycles. The van der Waals surface area contributed by atoms with Gasteiger partial charge in [-0.3, -0.25) is 19.7 Å². The summed E-state index contributed by atoms with van der Waals surface area (Å²) in [5.41, 5.74) is 2.38. The van der Waals surface area contributed by atoms with Crippen molar-refractivity contribution in [3.05, 3.63) is 60.2 Å². The molecule has 24 heavy (non-hydrogen) atoms. The summed E-state index contributed by atoms with van der Waals surface area (Å²) in [5.74, 6) is 0.436. The van der Waals surface area contributed by atoms with Crippen LogP contribution in [0.15, 0.2) is 49.1 Å². The molecule has 0 aromatic carbocycles. The highest BCUT2D eigenvalue weighted by Crippen LogP contribution is 2.43. The number of piperidine rings is 1. The van der Waals surface area contributed by atoms with Gasteiger partial charge in [-0.05, 0) is 42.2 Å². The Morgan fingerprint density at radius 3 is 2.62 bits per heavy atom. The molecule has 0 saturated carbocycles. The number of hydrogen-bond acceptors (Lipinski definition) is 4. The summed E-state index contributed by atoms with van der Waals surface area (Å²) in [6.07, 6.45) is 9.96. The molecule has 1 amide bonds. The van der Waals surface area contributed by atoms with Gasteiger partial charge in [-0.15, -0.1) is 0 Å². The number of carbonyl (C=O) groups is 1. The molecular weight excluding hydrogens is 300 g/mol. The van der Waals surface area contributed by atoms with Gasteiger partial charge >= 0.3 is 0 Å². The van der Waals surface area contributed by atoms with Gasteiger partial charge in [-0.2, -0.15) is 0 Å². The fourth-order valence-electron chi connectivity index (χ4n) is 4.16. The van der Waals surface area contributed by atoms with E-state index in [9.17, 15) is 4.79 Å². The first-order chi connectivity index (χ1) is 11.8. The van der Waals surface area contributed by atoms with Gasteiger partial charge in [0.15, 0.2) is 0 Å². The zero-order chi connectivity index (χ0) is 16.4. The normalized spacial score (nSPS) is 23.3. The van der Waals surface area contributed by atoms with Crippen LogP contribution in [0.3, 0.4) is 0 Å². The molecule has 2 fully saturated rings. The molecule has 4 heterocycles. The quantitative estimate of drug-likeness (QED) is 0.940. The van der Waals surface area contributed by atoms with Crippen molar-refractivity contribution < 1.29 is 4.79 Å². The molecule has 1 spiro atoms. The van der Waals surface area contributed by atoms with Crippen molar-refractivity contribution in [3.63, 3.8) is 0 Å². The Balaban J connectivity index is 1.47. The molecule has 2 saturated heterocycles. The van der Waals surface area contributed by atoms with Gasteiger partial charge in [0.25, 0.3) is 0 Å². The van der Waals surface area contributed by atoms with Crippen molar-refractivity contribution in [2.75, 3.05) is 13.1 Å². The molecule has 124 valence electrons. The molecule has 2 aromatic rings. The van der Waals surface area contributed by atoms with Crippen molar-refractivity contribution in [2.24, 2.45) is 0 Å². The standard InChI is InChI=1S/C19H22N4O/c24-18-12-17(16-3-8-20-9-4-16)19(22-18)5-10-23(11-6-19)14-15-2-1-7-21-13-15/h1-4,7-9,13,17H,5-6,10-12,14H2,(H,22,24)/t17-/m1/s1. The Morgan fingerprint density at radius 2 is 1.92 bits per heavy atom. The highest BCUT2D eigenvalue weighted by atomic mass is 16.2. The molecule has 2 aliphatic rings. The van der Waals surface area contributed by atoms with Crippen LogP contribution in [0.25, 0.3) is 0 Å². The Bertz CT molecular complexity index is 696. The maximum Gasteiger partial charge on any atom is 0.221 e. The third kappa shape index (κ3) is 2.91. The Hall–Kier alpha value is -2.27. The molecule has 1 atom stereocenters. The summed E-state index contributed by atoms with van der Waals surface area (Å²) < 4.78 is 0. The molecule has 0 bridgehead atoms. The first-order valence-corrected chi connectivity index (χ1v) is 8.57. The van der Waals surface area contributed by atoms with E-state index in [1.807, 2.05) is 30.9 Å². The summed E-state index contributed by atoms with van der Waals surface area (Å²) >= 11 is 0. The average Bonchev–Trinajstić information content (AvgIpc) is 2.95. The van der Waals surface area contributed by atoms with Crippen molar-refractivity contribution in [1.29, 1.82) is 0 Å². The van der Waals surface area contributed by atoms with Crippen LogP contribution in [0.4, 0.5) is 0 Å². The maximum atomic E-state index is 12.1. The Labute approximate surface area is 142 Å². The Kier molecular flexibility index (Phi) is 4.02. The van der Waals surface area contributed by atoms with Gasteiger partial charge in [-0.1, -0.05) is 6.07 Å². The van der Waals surface area contributed by atoms with Crippen molar-refractivity contribution in [3.8, 4) is 0 Å². The van der Waals surface area contributed by atoms with E-state index in [4.69, 9.17) is 0 Å². The first kappa shape index (κ1) is 15.3. The van der Waals surface area contributed by atoms with Crippen LogP contribution < -0.4 is 5.32 Å². The van der Waals surface area contributed by atoms with Gasteiger partial charge < -0.3 is 5.32 Å². The second-order valence-corrected chi connectivity index (χ2v) is 6.88. The van der Waals surface area contributed by atoms with Gasteiger partial charge in [0.05, 0.1) is 0 Å². The van der Waals surface area contributed by atoms with Crippen molar-refractivity contribution in [2.45, 2.75) is 37.3 Å². The number of likely N-dealkylation sites (tertiary alicyclic amines) is 1. The number of nitrogens with zero attached hydrogens (tertiary/aromatic N) is 3. The lowest BCUT2D eigenvalue weighted by Crippen LogP contribution is -2.53. The topological polar surface area (TPSA) is 58.1 Å². The van der Waals surface area contributed by atoms with Gasteiger partial charge in [0, 0.05) is 62.3 Å². The summed E-state index contributed by atoms with van der Waals surface area (Å²) in [7, 11) is 0. The highest BCUT2D eigenvalue weighted by molar-refractivity contribution is 5.81. The number of hydrogen-bond donors (Lipinski definition) is 1. The summed E-state index contributed by atoms with van der Waals surface area (Å²) in [5, 5.41) is 3.30.